The van der Waals surface area contributed by atoms with E-state index in [0.717, 1.165) is 6.92 Å². The summed E-state index contributed by atoms with van der Waals surface area (Å²) in [5, 5.41) is 0. The van der Waals surface area contributed by atoms with Crippen LogP contribution < -0.4 is 0 Å². The number of hydrogen-bond acceptors (Lipinski definition) is 1. The Morgan fingerprint density at radius 3 is 1.82 bits per heavy atom. The van der Waals surface area contributed by atoms with Crippen LogP contribution in [0.3, 0.4) is 0 Å². The van der Waals surface area contributed by atoms with Gasteiger partial charge in [-0.3, -0.25) is 4.48 Å². The quantitative estimate of drug-likeness (QED) is 0.540. The van der Waals surface area contributed by atoms with Gasteiger partial charge in [-0.25, -0.2) is 4.79 Å². The average Bonchev–Trinajstić information content (AvgIpc) is 1.56. The van der Waals surface area contributed by atoms with Gasteiger partial charge in [-0.1, -0.05) is 0 Å². The van der Waals surface area contributed by atoms with Crippen molar-refractivity contribution < 1.29 is 22.4 Å². The molecule has 0 spiro atoms. The molecular formula is C6H11F3NO+. The van der Waals surface area contributed by atoms with Gasteiger partial charge in [0.1, 0.15) is 0 Å². The average molecular weight is 170 g/mol. The lowest BCUT2D eigenvalue weighted by Gasteiger charge is -2.25. The lowest BCUT2D eigenvalue weighted by atomic mass is 10.4. The molecule has 0 aliphatic rings. The van der Waals surface area contributed by atoms with Crippen molar-refractivity contribution in [1.29, 1.82) is 0 Å². The first-order valence-electron chi connectivity index (χ1n) is 3.06. The molecule has 0 aliphatic carbocycles. The Morgan fingerprint density at radius 1 is 1.36 bits per heavy atom. The molecule has 11 heavy (non-hydrogen) atoms. The summed E-state index contributed by atoms with van der Waals surface area (Å²) in [5.41, 5.74) is 0. The van der Waals surface area contributed by atoms with Gasteiger partial charge in [-0.15, -0.1) is 0 Å². The third kappa shape index (κ3) is 3.98. The molecule has 0 aromatic rings. The van der Waals surface area contributed by atoms with Gasteiger partial charge in [0.15, 0.2) is 6.54 Å². The summed E-state index contributed by atoms with van der Waals surface area (Å²) in [6, 6.07) is 0. The zero-order valence-electron chi connectivity index (χ0n) is 6.70. The van der Waals surface area contributed by atoms with E-state index >= 15 is 0 Å². The summed E-state index contributed by atoms with van der Waals surface area (Å²) in [6.45, 7) is 0.0358. The number of halogens is 3. The van der Waals surface area contributed by atoms with Crippen LogP contribution in [0.2, 0.25) is 0 Å². The molecule has 0 bridgehead atoms. The number of carbonyl (C=O) groups is 1. The van der Waals surface area contributed by atoms with Gasteiger partial charge in [0.05, 0.1) is 21.0 Å². The predicted molar refractivity (Wildman–Crippen MR) is 33.7 cm³/mol. The van der Waals surface area contributed by atoms with Gasteiger partial charge < -0.3 is 0 Å². The van der Waals surface area contributed by atoms with Crippen molar-refractivity contribution in [3.8, 4) is 0 Å². The van der Waals surface area contributed by atoms with E-state index in [1.54, 1.807) is 0 Å². The second kappa shape index (κ2) is 2.81. The molecule has 0 unspecified atom stereocenters. The van der Waals surface area contributed by atoms with E-state index in [4.69, 9.17) is 0 Å². The van der Waals surface area contributed by atoms with Gasteiger partial charge in [-0.05, 0) is 0 Å². The monoisotopic (exact) mass is 170 g/mol. The molecule has 2 nitrogen and oxygen atoms in total. The Hall–Kier alpha value is -0.580. The summed E-state index contributed by atoms with van der Waals surface area (Å²) in [7, 11) is 2.46. The van der Waals surface area contributed by atoms with Gasteiger partial charge in [0, 0.05) is 0 Å². The molecule has 0 radical (unpaired) electrons. The number of quaternary nitrogens is 1. The first-order chi connectivity index (χ1) is 4.65. The topological polar surface area (TPSA) is 17.1 Å². The maximum Gasteiger partial charge on any atom is 0.438 e. The van der Waals surface area contributed by atoms with Crippen molar-refractivity contribution >= 4 is 5.91 Å². The van der Waals surface area contributed by atoms with Crippen LogP contribution in [-0.4, -0.2) is 37.2 Å². The minimum absolute atomic E-state index is 0.498. The minimum atomic E-state index is -4.28. The Morgan fingerprint density at radius 2 is 1.73 bits per heavy atom. The van der Waals surface area contributed by atoms with Crippen molar-refractivity contribution in [3.63, 3.8) is 0 Å². The van der Waals surface area contributed by atoms with Gasteiger partial charge in [0.25, 0.3) is 0 Å². The van der Waals surface area contributed by atoms with Crippen LogP contribution in [0, 0.1) is 0 Å². The first kappa shape index (κ1) is 10.4. The number of carbonyl (C=O) groups excluding carboxylic acids is 1. The molecule has 0 aromatic heterocycles. The number of rotatable bonds is 1. The van der Waals surface area contributed by atoms with Crippen LogP contribution in [0.4, 0.5) is 13.2 Å². The third-order valence-electron chi connectivity index (χ3n) is 1.43. The Labute approximate surface area is 63.2 Å². The molecule has 0 saturated heterocycles. The van der Waals surface area contributed by atoms with Crippen LogP contribution in [0.25, 0.3) is 0 Å². The summed E-state index contributed by atoms with van der Waals surface area (Å²) in [6.07, 6.45) is -4.28. The second-order valence-corrected chi connectivity index (χ2v) is 2.98. The van der Waals surface area contributed by atoms with Gasteiger partial charge in [0.2, 0.25) is 0 Å². The number of hydrogen-bond donors (Lipinski definition) is 0. The summed E-state index contributed by atoms with van der Waals surface area (Å²) in [5.74, 6) is -0.498. The third-order valence-corrected chi connectivity index (χ3v) is 1.43. The summed E-state index contributed by atoms with van der Waals surface area (Å²) < 4.78 is 34.6. The van der Waals surface area contributed by atoms with Crippen molar-refractivity contribution in [3.05, 3.63) is 0 Å². The molecule has 0 aliphatic heterocycles. The van der Waals surface area contributed by atoms with E-state index in [-0.39, 0.29) is 0 Å². The molecule has 5 heteroatoms. The molecule has 0 N–H and O–H groups in total. The molecule has 0 rings (SSSR count). The van der Waals surface area contributed by atoms with Crippen molar-refractivity contribution in [1.82, 2.24) is 0 Å². The highest BCUT2D eigenvalue weighted by Gasteiger charge is 2.39. The lowest BCUT2D eigenvalue weighted by Crippen LogP contribution is -2.49. The van der Waals surface area contributed by atoms with Crippen LogP contribution in [0.5, 0.6) is 0 Å². The molecule has 0 atom stereocenters. The first-order valence-corrected chi connectivity index (χ1v) is 3.06. The van der Waals surface area contributed by atoms with E-state index in [1.807, 2.05) is 0 Å². The molecule has 0 saturated carbocycles. The minimum Gasteiger partial charge on any atom is -0.258 e. The fraction of sp³-hybridized carbons (Fsp3) is 0.833. The largest absolute Gasteiger partial charge is 0.438 e. The number of alkyl halides is 3. The molecule has 0 heterocycles. The Kier molecular flexibility index (Phi) is 2.66. The Bertz CT molecular complexity index is 162. The van der Waals surface area contributed by atoms with Crippen LogP contribution in [0.15, 0.2) is 0 Å². The number of amides is 1. The fourth-order valence-electron chi connectivity index (χ4n) is 0.560. The van der Waals surface area contributed by atoms with Crippen LogP contribution >= 0.6 is 0 Å². The maximum absolute atomic E-state index is 11.7. The maximum atomic E-state index is 11.7. The van der Waals surface area contributed by atoms with E-state index in [1.165, 1.54) is 14.1 Å². The highest BCUT2D eigenvalue weighted by molar-refractivity contribution is 5.65. The van der Waals surface area contributed by atoms with E-state index in [9.17, 15) is 18.0 Å². The number of nitrogens with zero attached hydrogens (tertiary/aromatic N) is 1. The fourth-order valence-corrected chi connectivity index (χ4v) is 0.560. The van der Waals surface area contributed by atoms with Crippen LogP contribution in [0.1, 0.15) is 6.92 Å². The predicted octanol–water partition coefficient (Wildman–Crippen LogP) is 1.17. The molecule has 66 valence electrons. The highest BCUT2D eigenvalue weighted by Crippen LogP contribution is 2.18. The lowest BCUT2D eigenvalue weighted by molar-refractivity contribution is -0.825. The van der Waals surface area contributed by atoms with Gasteiger partial charge in [-0.2, -0.15) is 13.2 Å². The van der Waals surface area contributed by atoms with Crippen molar-refractivity contribution in [2.75, 3.05) is 20.6 Å². The van der Waals surface area contributed by atoms with Gasteiger partial charge >= 0.3 is 12.1 Å². The molecule has 0 aromatic carbocycles. The van der Waals surface area contributed by atoms with E-state index in [0.29, 0.717) is 0 Å². The van der Waals surface area contributed by atoms with Crippen molar-refractivity contribution in [2.45, 2.75) is 13.1 Å². The SMILES string of the molecule is CC(=O)[N+](C)(C)CC(F)(F)F. The smallest absolute Gasteiger partial charge is 0.258 e. The normalized spacial score (nSPS) is 13.3. The van der Waals surface area contributed by atoms with E-state index in [2.05, 4.69) is 0 Å². The molecule has 0 fully saturated rings. The van der Waals surface area contributed by atoms with Crippen molar-refractivity contribution in [2.24, 2.45) is 0 Å². The standard InChI is InChI=1S/C6H11F3NO/c1-5(11)10(2,3)4-6(7,8)9/h4H2,1-3H3/q+1. The zero-order chi connectivity index (χ0) is 9.28. The zero-order valence-corrected chi connectivity index (χ0v) is 6.70. The molecular weight excluding hydrogens is 159 g/mol. The summed E-state index contributed by atoms with van der Waals surface area (Å²) in [4.78, 5) is 10.6. The summed E-state index contributed by atoms with van der Waals surface area (Å²) >= 11 is 0. The second-order valence-electron chi connectivity index (χ2n) is 2.98. The highest BCUT2D eigenvalue weighted by atomic mass is 19.4. The molecule has 1 amide bonds. The Balaban J connectivity index is 4.25. The van der Waals surface area contributed by atoms with E-state index < -0.39 is 23.1 Å². The van der Waals surface area contributed by atoms with Crippen LogP contribution in [-0.2, 0) is 4.79 Å².